The first-order valence-electron chi connectivity index (χ1n) is 9.49. The summed E-state index contributed by atoms with van der Waals surface area (Å²) in [4.78, 5) is 12.7. The van der Waals surface area contributed by atoms with Crippen LogP contribution in [0.2, 0.25) is 0 Å². The summed E-state index contributed by atoms with van der Waals surface area (Å²) in [6.45, 7) is 7.57. The lowest BCUT2D eigenvalue weighted by Gasteiger charge is -2.29. The Morgan fingerprint density at radius 2 is 1.86 bits per heavy atom. The molecule has 3 aliphatic rings. The van der Waals surface area contributed by atoms with Gasteiger partial charge in [0.05, 0.1) is 19.1 Å². The van der Waals surface area contributed by atoms with E-state index in [0.717, 1.165) is 0 Å². The Balaban J connectivity index is 1.50. The zero-order valence-corrected chi connectivity index (χ0v) is 16.4. The molecular weight excluding hydrogens is 369 g/mol. The molecule has 5 atom stereocenters. The number of amides is 1. The van der Waals surface area contributed by atoms with Crippen molar-refractivity contribution in [3.05, 3.63) is 35.6 Å². The van der Waals surface area contributed by atoms with Crippen molar-refractivity contribution in [3.63, 3.8) is 0 Å². The van der Waals surface area contributed by atoms with Crippen LogP contribution in [0.5, 0.6) is 0 Å². The largest absolute Gasteiger partial charge is 0.348 e. The predicted octanol–water partition coefficient (Wildman–Crippen LogP) is 1.88. The van der Waals surface area contributed by atoms with Crippen molar-refractivity contribution in [2.45, 2.75) is 76.3 Å². The topological polar surface area (TPSA) is 75.3 Å². The number of carbonyl (C=O) groups excluding carboxylic acids is 1. The van der Waals surface area contributed by atoms with Gasteiger partial charge in [-0.25, -0.2) is 4.39 Å². The average Bonchev–Trinajstić information content (AvgIpc) is 3.20. The maximum Gasteiger partial charge on any atom is 0.224 e. The third kappa shape index (κ3) is 3.92. The van der Waals surface area contributed by atoms with Gasteiger partial charge in [0, 0.05) is 0 Å². The van der Waals surface area contributed by atoms with E-state index in [1.54, 1.807) is 32.0 Å². The first-order valence-corrected chi connectivity index (χ1v) is 9.49. The number of ether oxygens (including phenoxy) is 5. The van der Waals surface area contributed by atoms with Crippen molar-refractivity contribution in [1.29, 1.82) is 0 Å². The second-order valence-electron chi connectivity index (χ2n) is 8.30. The molecule has 3 heterocycles. The minimum absolute atomic E-state index is 0.0783. The van der Waals surface area contributed by atoms with Gasteiger partial charge in [-0.1, -0.05) is 18.2 Å². The molecule has 0 radical (unpaired) electrons. The van der Waals surface area contributed by atoms with Gasteiger partial charge in [0.2, 0.25) is 5.91 Å². The van der Waals surface area contributed by atoms with Crippen molar-refractivity contribution in [2.75, 3.05) is 6.61 Å². The molecule has 7 nitrogen and oxygen atoms in total. The number of halogens is 1. The lowest BCUT2D eigenvalue weighted by Crippen LogP contribution is -2.53. The van der Waals surface area contributed by atoms with Gasteiger partial charge >= 0.3 is 0 Å². The fourth-order valence-electron chi connectivity index (χ4n) is 3.94. The van der Waals surface area contributed by atoms with Gasteiger partial charge < -0.3 is 29.0 Å². The number of hydrogen-bond acceptors (Lipinski definition) is 6. The fraction of sp³-hybridized carbons (Fsp3) is 0.650. The van der Waals surface area contributed by atoms with E-state index >= 15 is 0 Å². The van der Waals surface area contributed by atoms with E-state index in [9.17, 15) is 9.18 Å². The second kappa shape index (κ2) is 7.03. The Morgan fingerprint density at radius 1 is 1.11 bits per heavy atom. The highest BCUT2D eigenvalue weighted by molar-refractivity contribution is 5.79. The third-order valence-electron chi connectivity index (χ3n) is 5.12. The van der Waals surface area contributed by atoms with E-state index in [1.165, 1.54) is 6.07 Å². The van der Waals surface area contributed by atoms with Crippen molar-refractivity contribution in [1.82, 2.24) is 5.32 Å². The van der Waals surface area contributed by atoms with E-state index in [0.29, 0.717) is 12.2 Å². The molecule has 3 saturated heterocycles. The predicted molar refractivity (Wildman–Crippen MR) is 95.6 cm³/mol. The minimum Gasteiger partial charge on any atom is -0.348 e. The molecule has 154 valence electrons. The molecule has 28 heavy (non-hydrogen) atoms. The second-order valence-corrected chi connectivity index (χ2v) is 8.30. The van der Waals surface area contributed by atoms with E-state index in [2.05, 4.69) is 5.32 Å². The average molecular weight is 395 g/mol. The standard InChI is InChI=1S/C20H26FNO6/c1-19(2)24-10-13(26-19)16-15(17-18(25-16)28-20(3,4)27-17)22-14(23)9-11-7-5-6-8-12(11)21/h5-8,13,15-18H,9-10H2,1-4H3,(H,22,23)/t13-,15-,16-,17-,18-/m1/s1. The third-order valence-corrected chi connectivity index (χ3v) is 5.12. The summed E-state index contributed by atoms with van der Waals surface area (Å²) < 4.78 is 43.3. The maximum absolute atomic E-state index is 13.9. The van der Waals surface area contributed by atoms with Crippen molar-refractivity contribution in [3.8, 4) is 0 Å². The number of benzene rings is 1. The quantitative estimate of drug-likeness (QED) is 0.839. The molecule has 0 bridgehead atoms. The lowest BCUT2D eigenvalue weighted by atomic mass is 10.0. The molecule has 4 rings (SSSR count). The van der Waals surface area contributed by atoms with Crippen molar-refractivity contribution in [2.24, 2.45) is 0 Å². The Kier molecular flexibility index (Phi) is 4.96. The number of fused-ring (bicyclic) bond motifs is 1. The highest BCUT2D eigenvalue weighted by Gasteiger charge is 2.58. The summed E-state index contributed by atoms with van der Waals surface area (Å²) in [5, 5.41) is 2.95. The van der Waals surface area contributed by atoms with Gasteiger partial charge in [-0.2, -0.15) is 0 Å². The van der Waals surface area contributed by atoms with Crippen LogP contribution >= 0.6 is 0 Å². The summed E-state index contributed by atoms with van der Waals surface area (Å²) in [5.74, 6) is -2.28. The van der Waals surface area contributed by atoms with Crippen LogP contribution in [0.15, 0.2) is 24.3 Å². The Morgan fingerprint density at radius 3 is 2.54 bits per heavy atom. The Bertz CT molecular complexity index is 754. The smallest absolute Gasteiger partial charge is 0.224 e. The molecule has 0 aromatic heterocycles. The van der Waals surface area contributed by atoms with Crippen LogP contribution in [-0.4, -0.2) is 54.7 Å². The van der Waals surface area contributed by atoms with Crippen LogP contribution in [-0.2, 0) is 34.9 Å². The van der Waals surface area contributed by atoms with Crippen LogP contribution < -0.4 is 5.32 Å². The highest BCUT2D eigenvalue weighted by atomic mass is 19.1. The number of carbonyl (C=O) groups is 1. The molecule has 0 aliphatic carbocycles. The molecule has 1 aromatic rings. The number of rotatable bonds is 4. The molecule has 1 amide bonds. The van der Waals surface area contributed by atoms with Crippen LogP contribution in [0.25, 0.3) is 0 Å². The summed E-state index contributed by atoms with van der Waals surface area (Å²) in [7, 11) is 0. The molecular formula is C20H26FNO6. The first-order chi connectivity index (χ1) is 13.1. The molecule has 0 unspecified atom stereocenters. The van der Waals surface area contributed by atoms with E-state index in [-0.39, 0.29) is 18.4 Å². The van der Waals surface area contributed by atoms with E-state index < -0.39 is 41.9 Å². The van der Waals surface area contributed by atoms with E-state index in [4.69, 9.17) is 23.7 Å². The number of nitrogens with one attached hydrogen (secondary N) is 1. The van der Waals surface area contributed by atoms with Gasteiger partial charge in [-0.05, 0) is 39.3 Å². The SMILES string of the molecule is CC1(C)O[C@H]2O[C@H]([C@H]3COC(C)(C)O3)[C@@H](NC(=O)Cc3ccccc3F)[C@H]2O1. The fourth-order valence-corrected chi connectivity index (χ4v) is 3.94. The normalized spacial score (nSPS) is 35.7. The summed E-state index contributed by atoms with van der Waals surface area (Å²) in [6.07, 6.45) is -2.07. The van der Waals surface area contributed by atoms with Gasteiger partial charge in [0.1, 0.15) is 24.1 Å². The Labute approximate surface area is 163 Å². The van der Waals surface area contributed by atoms with E-state index in [1.807, 2.05) is 13.8 Å². The van der Waals surface area contributed by atoms with Crippen LogP contribution in [0.4, 0.5) is 4.39 Å². The molecule has 3 aliphatic heterocycles. The molecule has 8 heteroatoms. The van der Waals surface area contributed by atoms with Gasteiger partial charge in [0.25, 0.3) is 0 Å². The van der Waals surface area contributed by atoms with Crippen LogP contribution in [0.1, 0.15) is 33.3 Å². The van der Waals surface area contributed by atoms with Gasteiger partial charge in [-0.15, -0.1) is 0 Å². The van der Waals surface area contributed by atoms with Crippen molar-refractivity contribution < 1.29 is 32.9 Å². The van der Waals surface area contributed by atoms with Gasteiger partial charge in [0.15, 0.2) is 17.9 Å². The minimum atomic E-state index is -0.818. The van der Waals surface area contributed by atoms with Crippen molar-refractivity contribution >= 4 is 5.91 Å². The molecule has 1 N–H and O–H groups in total. The lowest BCUT2D eigenvalue weighted by molar-refractivity contribution is -0.223. The summed E-state index contributed by atoms with van der Waals surface area (Å²) in [5.41, 5.74) is 0.331. The number of hydrogen-bond donors (Lipinski definition) is 1. The molecule has 1 aromatic carbocycles. The Hall–Kier alpha value is -1.58. The summed E-state index contributed by atoms with van der Waals surface area (Å²) >= 11 is 0. The zero-order valence-electron chi connectivity index (χ0n) is 16.4. The summed E-state index contributed by atoms with van der Waals surface area (Å²) in [6, 6.07) is 5.71. The van der Waals surface area contributed by atoms with Gasteiger partial charge in [-0.3, -0.25) is 4.79 Å². The zero-order chi connectivity index (χ0) is 20.1. The molecule has 0 spiro atoms. The van der Waals surface area contributed by atoms with Crippen LogP contribution in [0.3, 0.4) is 0 Å². The highest BCUT2D eigenvalue weighted by Crippen LogP contribution is 2.40. The molecule has 3 fully saturated rings. The van der Waals surface area contributed by atoms with Crippen LogP contribution in [0, 0.1) is 5.82 Å². The maximum atomic E-state index is 13.9. The first kappa shape index (κ1) is 19.7. The monoisotopic (exact) mass is 395 g/mol. The molecule has 0 saturated carbocycles.